The summed E-state index contributed by atoms with van der Waals surface area (Å²) in [6, 6.07) is 8.62. The van der Waals surface area contributed by atoms with Crippen molar-refractivity contribution in [3.63, 3.8) is 0 Å². The summed E-state index contributed by atoms with van der Waals surface area (Å²) in [4.78, 5) is 29.4. The minimum absolute atomic E-state index is 0.0761. The van der Waals surface area contributed by atoms with Gasteiger partial charge in [0, 0.05) is 10.8 Å². The van der Waals surface area contributed by atoms with Crippen molar-refractivity contribution < 1.29 is 23.8 Å². The van der Waals surface area contributed by atoms with Crippen LogP contribution in [0.15, 0.2) is 34.7 Å². The molecule has 3 aromatic rings. The maximum absolute atomic E-state index is 12.6. The monoisotopic (exact) mass is 323 g/mol. The van der Waals surface area contributed by atoms with Crippen molar-refractivity contribution in [2.45, 2.75) is 6.92 Å². The number of carbonyl (C=O) groups is 2. The number of Topliss-reactive ketones (excluding diaryl/α,β-unsaturated/α-hetero) is 2. The van der Waals surface area contributed by atoms with Crippen LogP contribution in [-0.2, 0) is 0 Å². The second-order valence-electron chi connectivity index (χ2n) is 5.52. The van der Waals surface area contributed by atoms with E-state index in [2.05, 4.69) is 4.98 Å². The molecule has 2 heterocycles. The number of nitrogens with zero attached hydrogens (tertiary/aromatic N) is 1. The fraction of sp³-hybridized carbons (Fsp3) is 0.167. The van der Waals surface area contributed by atoms with Gasteiger partial charge >= 0.3 is 0 Å². The Kier molecular flexibility index (Phi) is 3.21. The second kappa shape index (κ2) is 5.28. The molecular formula is C18H13NO5. The molecular weight excluding hydrogens is 310 g/mol. The number of hydrogen-bond acceptors (Lipinski definition) is 6. The fourth-order valence-electron chi connectivity index (χ4n) is 2.97. The van der Waals surface area contributed by atoms with Crippen LogP contribution in [0.25, 0.3) is 22.2 Å². The highest BCUT2D eigenvalue weighted by Crippen LogP contribution is 2.40. The molecule has 1 N–H and O–H groups in total. The van der Waals surface area contributed by atoms with Crippen LogP contribution in [0, 0.1) is 6.92 Å². The van der Waals surface area contributed by atoms with Crippen LogP contribution in [0.3, 0.4) is 0 Å². The van der Waals surface area contributed by atoms with Crippen LogP contribution in [0.5, 0.6) is 5.88 Å². The molecule has 0 saturated carbocycles. The first-order valence-corrected chi connectivity index (χ1v) is 7.48. The van der Waals surface area contributed by atoms with Crippen molar-refractivity contribution in [2.24, 2.45) is 0 Å². The summed E-state index contributed by atoms with van der Waals surface area (Å²) in [5.74, 6) is -0.0879. The van der Waals surface area contributed by atoms with Crippen LogP contribution >= 0.6 is 0 Å². The van der Waals surface area contributed by atoms with E-state index in [1.807, 2.05) is 0 Å². The number of pyridine rings is 1. The molecule has 4 rings (SSSR count). The van der Waals surface area contributed by atoms with Crippen LogP contribution in [0.4, 0.5) is 0 Å². The lowest BCUT2D eigenvalue weighted by molar-refractivity contribution is 0.0815. The van der Waals surface area contributed by atoms with Gasteiger partial charge in [-0.25, -0.2) is 4.98 Å². The normalized spacial score (nSPS) is 13.1. The molecule has 0 saturated heterocycles. The van der Waals surface area contributed by atoms with Gasteiger partial charge in [-0.2, -0.15) is 0 Å². The van der Waals surface area contributed by atoms with Crippen LogP contribution in [-0.4, -0.2) is 34.9 Å². The number of benzene rings is 1. The second-order valence-corrected chi connectivity index (χ2v) is 5.52. The third kappa shape index (κ3) is 1.97. The molecule has 24 heavy (non-hydrogen) atoms. The third-order valence-corrected chi connectivity index (χ3v) is 3.96. The lowest BCUT2D eigenvalue weighted by Crippen LogP contribution is -2.21. The Balaban J connectivity index is 2.09. The van der Waals surface area contributed by atoms with Gasteiger partial charge in [0.2, 0.25) is 17.4 Å². The molecule has 0 spiro atoms. The maximum Gasteiger partial charge on any atom is 0.237 e. The number of rotatable bonds is 3. The van der Waals surface area contributed by atoms with Crippen LogP contribution in [0.2, 0.25) is 0 Å². The quantitative estimate of drug-likeness (QED) is 0.745. The number of aryl methyl sites for hydroxylation is 1. The third-order valence-electron chi connectivity index (χ3n) is 3.96. The molecule has 6 heteroatoms. The fourth-order valence-corrected chi connectivity index (χ4v) is 2.97. The van der Waals surface area contributed by atoms with Crippen LogP contribution in [0.1, 0.15) is 26.5 Å². The van der Waals surface area contributed by atoms with Gasteiger partial charge in [0.05, 0.1) is 17.7 Å². The van der Waals surface area contributed by atoms with E-state index in [9.17, 15) is 9.59 Å². The van der Waals surface area contributed by atoms with Gasteiger partial charge < -0.3 is 14.3 Å². The average molecular weight is 323 g/mol. The molecule has 1 aromatic carbocycles. The van der Waals surface area contributed by atoms with Crippen molar-refractivity contribution in [2.75, 3.05) is 13.2 Å². The molecule has 0 amide bonds. The van der Waals surface area contributed by atoms with Crippen molar-refractivity contribution in [1.82, 2.24) is 4.98 Å². The number of furan rings is 1. The molecule has 1 aliphatic rings. The molecule has 0 radical (unpaired) electrons. The molecule has 0 aliphatic heterocycles. The predicted octanol–water partition coefficient (Wildman–Crippen LogP) is 2.55. The summed E-state index contributed by atoms with van der Waals surface area (Å²) in [6.45, 7) is 1.63. The molecule has 2 aromatic heterocycles. The largest absolute Gasteiger partial charge is 0.475 e. The zero-order valence-corrected chi connectivity index (χ0v) is 12.8. The maximum atomic E-state index is 12.6. The van der Waals surface area contributed by atoms with Crippen molar-refractivity contribution >= 4 is 22.3 Å². The van der Waals surface area contributed by atoms with E-state index >= 15 is 0 Å². The van der Waals surface area contributed by atoms with Crippen LogP contribution < -0.4 is 4.74 Å². The van der Waals surface area contributed by atoms with Gasteiger partial charge in [0.1, 0.15) is 18.1 Å². The van der Waals surface area contributed by atoms with E-state index in [1.165, 1.54) is 0 Å². The average Bonchev–Trinajstić information content (AvgIpc) is 2.99. The molecule has 120 valence electrons. The standard InChI is InChI=1S/C18H13NO5/c1-9-8-12-15(21)16(22)13-10-4-2-3-5-11(10)18(23-7-6-20)19-14(13)17(12)24-9/h2-5,8,20H,6-7H2,1H3. The van der Waals surface area contributed by atoms with Crippen molar-refractivity contribution in [3.05, 3.63) is 47.2 Å². The highest BCUT2D eigenvalue weighted by atomic mass is 16.5. The number of ether oxygens (including phenoxy) is 1. The van der Waals surface area contributed by atoms with E-state index < -0.39 is 11.6 Å². The summed E-state index contributed by atoms with van der Waals surface area (Å²) in [7, 11) is 0. The number of aliphatic hydroxyl groups is 1. The first-order valence-electron chi connectivity index (χ1n) is 7.48. The predicted molar refractivity (Wildman–Crippen MR) is 85.4 cm³/mol. The summed E-state index contributed by atoms with van der Waals surface area (Å²) < 4.78 is 11.1. The number of aromatic nitrogens is 1. The Morgan fingerprint density at radius 1 is 1.17 bits per heavy atom. The smallest absolute Gasteiger partial charge is 0.237 e. The minimum Gasteiger partial charge on any atom is -0.475 e. The Morgan fingerprint density at radius 2 is 1.92 bits per heavy atom. The first kappa shape index (κ1) is 14.6. The van der Waals surface area contributed by atoms with Gasteiger partial charge in [-0.05, 0) is 19.1 Å². The highest BCUT2D eigenvalue weighted by Gasteiger charge is 2.36. The van der Waals surface area contributed by atoms with E-state index in [0.717, 1.165) is 0 Å². The van der Waals surface area contributed by atoms with E-state index in [-0.39, 0.29) is 30.1 Å². The molecule has 0 unspecified atom stereocenters. The summed E-state index contributed by atoms with van der Waals surface area (Å²) in [5.41, 5.74) is 0.754. The molecule has 0 atom stereocenters. The SMILES string of the molecule is Cc1cc2c(o1)-c1nc(OCCO)c3ccccc3c1C(=O)C2=O. The number of hydrogen-bond donors (Lipinski definition) is 1. The molecule has 6 nitrogen and oxygen atoms in total. The van der Waals surface area contributed by atoms with Gasteiger partial charge in [-0.15, -0.1) is 0 Å². The highest BCUT2D eigenvalue weighted by molar-refractivity contribution is 6.54. The Morgan fingerprint density at radius 3 is 2.67 bits per heavy atom. The van der Waals surface area contributed by atoms with Gasteiger partial charge in [-0.1, -0.05) is 18.2 Å². The lowest BCUT2D eigenvalue weighted by atomic mass is 9.89. The molecule has 0 bridgehead atoms. The van der Waals surface area contributed by atoms with Gasteiger partial charge in [0.25, 0.3) is 0 Å². The molecule has 1 aliphatic carbocycles. The van der Waals surface area contributed by atoms with Gasteiger partial charge in [0.15, 0.2) is 5.76 Å². The number of carbonyl (C=O) groups excluding carboxylic acids is 2. The van der Waals surface area contributed by atoms with Crippen molar-refractivity contribution in [3.8, 4) is 17.3 Å². The van der Waals surface area contributed by atoms with Gasteiger partial charge in [-0.3, -0.25) is 9.59 Å². The van der Waals surface area contributed by atoms with E-state index in [1.54, 1.807) is 37.3 Å². The summed E-state index contributed by atoms with van der Waals surface area (Å²) in [6.07, 6.45) is 0. The Bertz CT molecular complexity index is 1000. The lowest BCUT2D eigenvalue weighted by Gasteiger charge is -2.17. The minimum atomic E-state index is -0.601. The number of aliphatic hydroxyl groups excluding tert-OH is 1. The van der Waals surface area contributed by atoms with E-state index in [4.69, 9.17) is 14.3 Å². The number of fused-ring (bicyclic) bond motifs is 5. The summed E-state index contributed by atoms with van der Waals surface area (Å²) in [5, 5.41) is 10.2. The topological polar surface area (TPSA) is 89.6 Å². The Hall–Kier alpha value is -2.99. The van der Waals surface area contributed by atoms with Crippen molar-refractivity contribution in [1.29, 1.82) is 0 Å². The van der Waals surface area contributed by atoms with E-state index in [0.29, 0.717) is 28.1 Å². The molecule has 0 fully saturated rings. The zero-order valence-electron chi connectivity index (χ0n) is 12.8. The zero-order chi connectivity index (χ0) is 16.8. The Labute approximate surface area is 136 Å². The first-order chi connectivity index (χ1) is 11.6. The summed E-state index contributed by atoms with van der Waals surface area (Å²) >= 11 is 0. The number of ketones is 2.